The smallest absolute Gasteiger partial charge is 0.450 e. The molecular weight excluding hydrogens is 210 g/mol. The zero-order valence-electron chi connectivity index (χ0n) is 9.08. The van der Waals surface area contributed by atoms with Crippen molar-refractivity contribution < 1.29 is 20.1 Å². The van der Waals surface area contributed by atoms with Crippen molar-refractivity contribution in [3.63, 3.8) is 0 Å². The SMILES string of the molecule is CC(O)C(N)Cc1ccccc1.O=C(O)O. The van der Waals surface area contributed by atoms with E-state index in [1.807, 2.05) is 30.3 Å². The van der Waals surface area contributed by atoms with Gasteiger partial charge in [-0.15, -0.1) is 0 Å². The number of hydrogen-bond acceptors (Lipinski definition) is 3. The van der Waals surface area contributed by atoms with Crippen LogP contribution in [-0.2, 0) is 6.42 Å². The van der Waals surface area contributed by atoms with Crippen molar-refractivity contribution in [1.82, 2.24) is 0 Å². The Labute approximate surface area is 94.1 Å². The number of aliphatic hydroxyl groups excluding tert-OH is 1. The summed E-state index contributed by atoms with van der Waals surface area (Å²) >= 11 is 0. The van der Waals surface area contributed by atoms with Crippen LogP contribution in [0.2, 0.25) is 0 Å². The zero-order chi connectivity index (χ0) is 12.6. The molecule has 0 saturated heterocycles. The minimum atomic E-state index is -1.83. The molecule has 0 spiro atoms. The predicted molar refractivity (Wildman–Crippen MR) is 60.5 cm³/mol. The van der Waals surface area contributed by atoms with Gasteiger partial charge in [0.25, 0.3) is 0 Å². The second kappa shape index (κ2) is 7.67. The maximum Gasteiger partial charge on any atom is 0.503 e. The van der Waals surface area contributed by atoms with Crippen molar-refractivity contribution in [2.45, 2.75) is 25.5 Å². The molecule has 1 rings (SSSR count). The molecule has 1 aromatic rings. The Morgan fingerprint density at radius 1 is 1.31 bits per heavy atom. The van der Waals surface area contributed by atoms with Gasteiger partial charge in [-0.05, 0) is 18.9 Å². The molecule has 0 aliphatic carbocycles. The molecule has 0 radical (unpaired) electrons. The van der Waals surface area contributed by atoms with Crippen molar-refractivity contribution in [2.24, 2.45) is 5.73 Å². The van der Waals surface area contributed by atoms with E-state index in [0.29, 0.717) is 0 Å². The summed E-state index contributed by atoms with van der Waals surface area (Å²) in [6.45, 7) is 1.72. The number of hydrogen-bond donors (Lipinski definition) is 4. The molecule has 0 heterocycles. The number of benzene rings is 1. The van der Waals surface area contributed by atoms with Gasteiger partial charge in [-0.2, -0.15) is 0 Å². The van der Waals surface area contributed by atoms with Crippen LogP contribution >= 0.6 is 0 Å². The molecule has 16 heavy (non-hydrogen) atoms. The van der Waals surface area contributed by atoms with Gasteiger partial charge in [0.05, 0.1) is 6.10 Å². The Kier molecular flexibility index (Phi) is 6.91. The minimum Gasteiger partial charge on any atom is -0.450 e. The second-order valence-corrected chi connectivity index (χ2v) is 3.38. The molecule has 0 bridgehead atoms. The van der Waals surface area contributed by atoms with Gasteiger partial charge in [0.2, 0.25) is 0 Å². The van der Waals surface area contributed by atoms with Crippen molar-refractivity contribution in [3.8, 4) is 0 Å². The summed E-state index contributed by atoms with van der Waals surface area (Å²) in [5, 5.41) is 23.1. The molecule has 0 aliphatic rings. The second-order valence-electron chi connectivity index (χ2n) is 3.38. The van der Waals surface area contributed by atoms with E-state index in [1.54, 1.807) is 6.92 Å². The molecule has 1 aromatic carbocycles. The fourth-order valence-electron chi connectivity index (χ4n) is 1.06. The lowest BCUT2D eigenvalue weighted by atomic mass is 10.0. The topological polar surface area (TPSA) is 104 Å². The van der Waals surface area contributed by atoms with Crippen molar-refractivity contribution in [2.75, 3.05) is 0 Å². The van der Waals surface area contributed by atoms with Gasteiger partial charge in [-0.3, -0.25) is 0 Å². The van der Waals surface area contributed by atoms with Crippen LogP contribution in [0.3, 0.4) is 0 Å². The maximum absolute atomic E-state index is 9.16. The normalized spacial score (nSPS) is 13.2. The molecule has 2 unspecified atom stereocenters. The summed E-state index contributed by atoms with van der Waals surface area (Å²) in [6, 6.07) is 9.79. The first kappa shape index (κ1) is 14.4. The van der Waals surface area contributed by atoms with Gasteiger partial charge in [0.15, 0.2) is 0 Å². The Morgan fingerprint density at radius 2 is 1.75 bits per heavy atom. The molecule has 5 nitrogen and oxygen atoms in total. The summed E-state index contributed by atoms with van der Waals surface area (Å²) in [6.07, 6.45) is -1.54. The van der Waals surface area contributed by atoms with E-state index in [-0.39, 0.29) is 6.04 Å². The zero-order valence-corrected chi connectivity index (χ0v) is 9.08. The van der Waals surface area contributed by atoms with E-state index in [0.717, 1.165) is 6.42 Å². The van der Waals surface area contributed by atoms with Crippen molar-refractivity contribution in [1.29, 1.82) is 0 Å². The molecule has 0 amide bonds. The van der Waals surface area contributed by atoms with E-state index >= 15 is 0 Å². The lowest BCUT2D eigenvalue weighted by molar-refractivity contribution is 0.137. The number of nitrogens with two attached hydrogens (primary N) is 1. The average Bonchev–Trinajstić information content (AvgIpc) is 2.18. The van der Waals surface area contributed by atoms with Gasteiger partial charge in [-0.25, -0.2) is 4.79 Å². The molecule has 5 N–H and O–H groups in total. The number of carbonyl (C=O) groups is 1. The van der Waals surface area contributed by atoms with Crippen molar-refractivity contribution >= 4 is 6.16 Å². The van der Waals surface area contributed by atoms with E-state index in [2.05, 4.69) is 0 Å². The number of aliphatic hydroxyl groups is 1. The third kappa shape index (κ3) is 7.78. The lowest BCUT2D eigenvalue weighted by Crippen LogP contribution is -2.34. The van der Waals surface area contributed by atoms with Gasteiger partial charge in [0, 0.05) is 6.04 Å². The standard InChI is InChI=1S/C10H15NO.CH2O3/c1-8(12)10(11)7-9-5-3-2-4-6-9;2-1(3)4/h2-6,8,10,12H,7,11H2,1H3;(H2,2,3,4). The predicted octanol–water partition coefficient (Wildman–Crippen LogP) is 1.16. The van der Waals surface area contributed by atoms with Crippen LogP contribution < -0.4 is 5.73 Å². The first-order chi connectivity index (χ1) is 7.43. The van der Waals surface area contributed by atoms with Gasteiger partial charge < -0.3 is 21.1 Å². The molecule has 0 saturated carbocycles. The Hall–Kier alpha value is -1.59. The summed E-state index contributed by atoms with van der Waals surface area (Å²) in [5.74, 6) is 0. The van der Waals surface area contributed by atoms with Gasteiger partial charge in [-0.1, -0.05) is 30.3 Å². The summed E-state index contributed by atoms with van der Waals surface area (Å²) in [4.78, 5) is 8.56. The van der Waals surface area contributed by atoms with Gasteiger partial charge >= 0.3 is 6.16 Å². The highest BCUT2D eigenvalue weighted by Gasteiger charge is 2.08. The highest BCUT2D eigenvalue weighted by atomic mass is 16.6. The van der Waals surface area contributed by atoms with Crippen LogP contribution in [0.5, 0.6) is 0 Å². The van der Waals surface area contributed by atoms with Crippen LogP contribution in [0.4, 0.5) is 4.79 Å². The highest BCUT2D eigenvalue weighted by Crippen LogP contribution is 2.03. The van der Waals surface area contributed by atoms with Crippen LogP contribution in [-0.4, -0.2) is 33.6 Å². The van der Waals surface area contributed by atoms with Crippen molar-refractivity contribution in [3.05, 3.63) is 35.9 Å². The van der Waals surface area contributed by atoms with Gasteiger partial charge in [0.1, 0.15) is 0 Å². The quantitative estimate of drug-likeness (QED) is 0.620. The molecule has 2 atom stereocenters. The third-order valence-corrected chi connectivity index (χ3v) is 1.93. The first-order valence-corrected chi connectivity index (χ1v) is 4.83. The fraction of sp³-hybridized carbons (Fsp3) is 0.364. The summed E-state index contributed by atoms with van der Waals surface area (Å²) < 4.78 is 0. The largest absolute Gasteiger partial charge is 0.503 e. The van der Waals surface area contributed by atoms with Crippen LogP contribution in [0.25, 0.3) is 0 Å². The highest BCUT2D eigenvalue weighted by molar-refractivity contribution is 5.53. The minimum absolute atomic E-state index is 0.160. The van der Waals surface area contributed by atoms with Crippen LogP contribution in [0, 0.1) is 0 Å². The Bertz CT molecular complexity index is 296. The molecule has 90 valence electrons. The van der Waals surface area contributed by atoms with E-state index in [9.17, 15) is 0 Å². The van der Waals surface area contributed by atoms with E-state index in [4.69, 9.17) is 25.8 Å². The van der Waals surface area contributed by atoms with Crippen LogP contribution in [0.15, 0.2) is 30.3 Å². The third-order valence-electron chi connectivity index (χ3n) is 1.93. The summed E-state index contributed by atoms with van der Waals surface area (Å²) in [5.41, 5.74) is 6.87. The maximum atomic E-state index is 9.16. The Morgan fingerprint density at radius 3 is 2.12 bits per heavy atom. The summed E-state index contributed by atoms with van der Waals surface area (Å²) in [7, 11) is 0. The Balaban J connectivity index is 0.000000487. The van der Waals surface area contributed by atoms with E-state index in [1.165, 1.54) is 5.56 Å². The molecule has 0 aromatic heterocycles. The molecule has 5 heteroatoms. The molecule has 0 fully saturated rings. The number of rotatable bonds is 3. The average molecular weight is 227 g/mol. The monoisotopic (exact) mass is 227 g/mol. The molecule has 0 aliphatic heterocycles. The molecular formula is C11H17NO4. The van der Waals surface area contributed by atoms with Crippen LogP contribution in [0.1, 0.15) is 12.5 Å². The lowest BCUT2D eigenvalue weighted by Gasteiger charge is -2.13. The fourth-order valence-corrected chi connectivity index (χ4v) is 1.06. The number of carboxylic acid groups (broad SMARTS) is 2. The first-order valence-electron chi connectivity index (χ1n) is 4.83. The van der Waals surface area contributed by atoms with E-state index < -0.39 is 12.3 Å².